The Morgan fingerprint density at radius 3 is 2.76 bits per heavy atom. The van der Waals surface area contributed by atoms with Crippen LogP contribution in [0.2, 0.25) is 0 Å². The minimum absolute atomic E-state index is 0.0571. The largest absolute Gasteiger partial charge is 0.395 e. The van der Waals surface area contributed by atoms with Crippen LogP contribution in [0.3, 0.4) is 0 Å². The zero-order valence-corrected chi connectivity index (χ0v) is 10.1. The number of aromatic nitrogens is 1. The van der Waals surface area contributed by atoms with Gasteiger partial charge in [-0.3, -0.25) is 0 Å². The molecule has 0 aliphatic heterocycles. The van der Waals surface area contributed by atoms with Gasteiger partial charge in [-0.2, -0.15) is 0 Å². The molecule has 0 saturated heterocycles. The van der Waals surface area contributed by atoms with Crippen LogP contribution in [0.4, 0.5) is 5.69 Å². The van der Waals surface area contributed by atoms with Crippen molar-refractivity contribution in [1.29, 1.82) is 0 Å². The van der Waals surface area contributed by atoms with E-state index in [0.717, 1.165) is 12.1 Å². The smallest absolute Gasteiger partial charge is 0.147 e. The van der Waals surface area contributed by atoms with Gasteiger partial charge in [0.25, 0.3) is 0 Å². The molecule has 0 spiro atoms. The van der Waals surface area contributed by atoms with Gasteiger partial charge in [0.05, 0.1) is 5.69 Å². The van der Waals surface area contributed by atoms with E-state index in [4.69, 9.17) is 10.3 Å². The predicted octanol–water partition coefficient (Wildman–Crippen LogP) is 2.87. The standard InChI is InChI=1S/C14H16N2O/c1-14(2)10-6-4-3-5-9(10)7-11(14)13-12(15)8-17-16-13/h3-6,8,11H,7,15H2,1-2H3. The molecule has 0 radical (unpaired) electrons. The quantitative estimate of drug-likeness (QED) is 0.816. The van der Waals surface area contributed by atoms with Crippen LogP contribution in [0.5, 0.6) is 0 Å². The van der Waals surface area contributed by atoms with Crippen molar-refractivity contribution >= 4 is 5.69 Å². The molecular formula is C14H16N2O. The molecule has 0 fully saturated rings. The van der Waals surface area contributed by atoms with E-state index in [0.29, 0.717) is 11.6 Å². The molecule has 88 valence electrons. The van der Waals surface area contributed by atoms with Crippen molar-refractivity contribution in [3.63, 3.8) is 0 Å². The first-order valence-electron chi connectivity index (χ1n) is 5.89. The molecule has 2 aromatic rings. The van der Waals surface area contributed by atoms with Gasteiger partial charge in [-0.25, -0.2) is 0 Å². The highest BCUT2D eigenvalue weighted by Gasteiger charge is 2.42. The summed E-state index contributed by atoms with van der Waals surface area (Å²) >= 11 is 0. The summed E-state index contributed by atoms with van der Waals surface area (Å²) in [6.07, 6.45) is 2.51. The molecule has 0 bridgehead atoms. The molecule has 1 heterocycles. The van der Waals surface area contributed by atoms with E-state index in [1.165, 1.54) is 17.4 Å². The number of hydrogen-bond donors (Lipinski definition) is 1. The van der Waals surface area contributed by atoms with Crippen LogP contribution in [0.15, 0.2) is 35.1 Å². The van der Waals surface area contributed by atoms with Gasteiger partial charge in [-0.15, -0.1) is 0 Å². The molecule has 17 heavy (non-hydrogen) atoms. The fourth-order valence-corrected chi connectivity index (χ4v) is 2.95. The third-order valence-corrected chi connectivity index (χ3v) is 3.96. The number of nitrogen functional groups attached to an aromatic ring is 1. The summed E-state index contributed by atoms with van der Waals surface area (Å²) in [4.78, 5) is 0. The van der Waals surface area contributed by atoms with Crippen molar-refractivity contribution in [3.05, 3.63) is 47.3 Å². The molecule has 1 aromatic carbocycles. The van der Waals surface area contributed by atoms with E-state index in [9.17, 15) is 0 Å². The first-order valence-corrected chi connectivity index (χ1v) is 5.89. The molecule has 1 unspecified atom stereocenters. The molecular weight excluding hydrogens is 212 g/mol. The number of hydrogen-bond acceptors (Lipinski definition) is 3. The average molecular weight is 228 g/mol. The fourth-order valence-electron chi connectivity index (χ4n) is 2.95. The maximum atomic E-state index is 5.92. The summed E-state index contributed by atoms with van der Waals surface area (Å²) in [6.45, 7) is 4.50. The zero-order valence-electron chi connectivity index (χ0n) is 10.1. The first kappa shape index (κ1) is 10.4. The third kappa shape index (κ3) is 1.38. The SMILES string of the molecule is CC1(C)c2ccccc2CC1c1nocc1N. The minimum Gasteiger partial charge on any atom is -0.395 e. The Labute approximate surface area is 101 Å². The lowest BCUT2D eigenvalue weighted by atomic mass is 9.77. The van der Waals surface area contributed by atoms with E-state index >= 15 is 0 Å². The Morgan fingerprint density at radius 2 is 2.12 bits per heavy atom. The minimum atomic E-state index is 0.0571. The topological polar surface area (TPSA) is 52.0 Å². The van der Waals surface area contributed by atoms with E-state index < -0.39 is 0 Å². The molecule has 1 atom stereocenters. The summed E-state index contributed by atoms with van der Waals surface area (Å²) in [5.41, 5.74) is 10.3. The van der Waals surface area contributed by atoms with Gasteiger partial charge in [0, 0.05) is 5.92 Å². The lowest BCUT2D eigenvalue weighted by Crippen LogP contribution is -2.23. The van der Waals surface area contributed by atoms with Gasteiger partial charge in [-0.05, 0) is 23.0 Å². The van der Waals surface area contributed by atoms with Crippen LogP contribution in [0.1, 0.15) is 36.6 Å². The van der Waals surface area contributed by atoms with Crippen LogP contribution in [-0.2, 0) is 11.8 Å². The van der Waals surface area contributed by atoms with Crippen LogP contribution < -0.4 is 5.73 Å². The second kappa shape index (κ2) is 3.36. The van der Waals surface area contributed by atoms with Gasteiger partial charge in [0.2, 0.25) is 0 Å². The van der Waals surface area contributed by atoms with Crippen molar-refractivity contribution in [1.82, 2.24) is 5.16 Å². The van der Waals surface area contributed by atoms with E-state index in [2.05, 4.69) is 43.3 Å². The Morgan fingerprint density at radius 1 is 1.35 bits per heavy atom. The highest BCUT2D eigenvalue weighted by Crippen LogP contribution is 2.48. The van der Waals surface area contributed by atoms with Crippen molar-refractivity contribution in [2.45, 2.75) is 31.6 Å². The molecule has 3 rings (SSSR count). The number of benzene rings is 1. The second-order valence-electron chi connectivity index (χ2n) is 5.29. The summed E-state index contributed by atoms with van der Waals surface area (Å²) in [7, 11) is 0. The van der Waals surface area contributed by atoms with E-state index in [1.807, 2.05) is 0 Å². The fraction of sp³-hybridized carbons (Fsp3) is 0.357. The monoisotopic (exact) mass is 228 g/mol. The van der Waals surface area contributed by atoms with Gasteiger partial charge in [0.1, 0.15) is 12.0 Å². The number of anilines is 1. The summed E-state index contributed by atoms with van der Waals surface area (Å²) in [6, 6.07) is 8.57. The number of rotatable bonds is 1. The highest BCUT2D eigenvalue weighted by atomic mass is 16.5. The maximum absolute atomic E-state index is 5.92. The molecule has 1 aliphatic carbocycles. The summed E-state index contributed by atoms with van der Waals surface area (Å²) < 4.78 is 4.97. The molecule has 3 nitrogen and oxygen atoms in total. The van der Waals surface area contributed by atoms with Crippen LogP contribution in [-0.4, -0.2) is 5.16 Å². The first-order chi connectivity index (χ1) is 8.10. The molecule has 0 amide bonds. The molecule has 3 heteroatoms. The van der Waals surface area contributed by atoms with Crippen LogP contribution in [0, 0.1) is 0 Å². The van der Waals surface area contributed by atoms with Gasteiger partial charge >= 0.3 is 0 Å². The Kier molecular flexibility index (Phi) is 2.05. The van der Waals surface area contributed by atoms with Crippen molar-refractivity contribution in [2.24, 2.45) is 0 Å². The highest BCUT2D eigenvalue weighted by molar-refractivity contribution is 5.50. The van der Waals surface area contributed by atoms with E-state index in [-0.39, 0.29) is 5.41 Å². The third-order valence-electron chi connectivity index (χ3n) is 3.96. The maximum Gasteiger partial charge on any atom is 0.147 e. The molecule has 2 N–H and O–H groups in total. The van der Waals surface area contributed by atoms with Gasteiger partial charge in [0.15, 0.2) is 0 Å². The Hall–Kier alpha value is -1.77. The Balaban J connectivity index is 2.10. The predicted molar refractivity (Wildman–Crippen MR) is 66.8 cm³/mol. The molecule has 0 saturated carbocycles. The summed E-state index contributed by atoms with van der Waals surface area (Å²) in [5.74, 6) is 0.304. The normalized spacial score (nSPS) is 21.4. The van der Waals surface area contributed by atoms with Gasteiger partial charge in [-0.1, -0.05) is 43.3 Å². The van der Waals surface area contributed by atoms with E-state index in [1.54, 1.807) is 0 Å². The summed E-state index contributed by atoms with van der Waals surface area (Å²) in [5, 5.41) is 4.08. The molecule has 1 aromatic heterocycles. The lowest BCUT2D eigenvalue weighted by molar-refractivity contribution is 0.377. The van der Waals surface area contributed by atoms with Crippen molar-refractivity contribution in [2.75, 3.05) is 5.73 Å². The van der Waals surface area contributed by atoms with Crippen molar-refractivity contribution in [3.8, 4) is 0 Å². The molecule has 1 aliphatic rings. The zero-order chi connectivity index (χ0) is 12.0. The number of nitrogens with two attached hydrogens (primary N) is 1. The van der Waals surface area contributed by atoms with Crippen LogP contribution >= 0.6 is 0 Å². The van der Waals surface area contributed by atoms with Gasteiger partial charge < -0.3 is 10.3 Å². The second-order valence-corrected chi connectivity index (χ2v) is 5.29. The van der Waals surface area contributed by atoms with Crippen LogP contribution in [0.25, 0.3) is 0 Å². The number of fused-ring (bicyclic) bond motifs is 1. The average Bonchev–Trinajstić information content (AvgIpc) is 2.82. The lowest BCUT2D eigenvalue weighted by Gasteiger charge is -2.26. The Bertz CT molecular complexity index is 557. The number of nitrogens with zero attached hydrogens (tertiary/aromatic N) is 1. The van der Waals surface area contributed by atoms with Crippen molar-refractivity contribution < 1.29 is 4.52 Å².